The van der Waals surface area contributed by atoms with E-state index in [1.807, 2.05) is 59.3 Å². The Morgan fingerprint density at radius 2 is 1.32 bits per heavy atom. The fourth-order valence-corrected chi connectivity index (χ4v) is 7.52. The van der Waals surface area contributed by atoms with E-state index in [0.29, 0.717) is 12.2 Å². The Morgan fingerprint density at radius 3 is 1.71 bits per heavy atom. The second kappa shape index (κ2) is 12.9. The second-order valence-electron chi connectivity index (χ2n) is 8.80. The summed E-state index contributed by atoms with van der Waals surface area (Å²) >= 11 is -1.31. The van der Waals surface area contributed by atoms with Gasteiger partial charge in [0.2, 0.25) is 5.82 Å². The maximum Gasteiger partial charge on any atom is 0.330 e. The molecule has 38 heavy (non-hydrogen) atoms. The highest BCUT2D eigenvalue weighted by atomic mass is 32.2. The van der Waals surface area contributed by atoms with Crippen LogP contribution in [0.5, 0.6) is 0 Å². The summed E-state index contributed by atoms with van der Waals surface area (Å²) in [4.78, 5) is 4.66. The fraction of sp³-hybridized carbons (Fsp3) is 0.310. The van der Waals surface area contributed by atoms with Gasteiger partial charge in [-0.15, -0.1) is 5.10 Å². The van der Waals surface area contributed by atoms with E-state index in [1.165, 1.54) is 0 Å². The largest absolute Gasteiger partial charge is 0.616 e. The Morgan fingerprint density at radius 1 is 0.868 bits per heavy atom. The molecule has 2 atom stereocenters. The third kappa shape index (κ3) is 5.95. The number of hydrogen-bond acceptors (Lipinski definition) is 6. The van der Waals surface area contributed by atoms with Gasteiger partial charge in [-0.05, 0) is 41.7 Å². The van der Waals surface area contributed by atoms with E-state index < -0.39 is 29.6 Å². The number of aromatic nitrogens is 3. The van der Waals surface area contributed by atoms with Crippen LogP contribution in [-0.2, 0) is 30.3 Å². The maximum absolute atomic E-state index is 13.1. The molecule has 0 aliphatic carbocycles. The molecule has 0 aliphatic heterocycles. The molecule has 0 saturated carbocycles. The lowest BCUT2D eigenvalue weighted by Crippen LogP contribution is -2.38. The lowest BCUT2D eigenvalue weighted by molar-refractivity contribution is 0.219. The first-order valence-electron chi connectivity index (χ1n) is 12.7. The first-order valence-corrected chi connectivity index (χ1v) is 16.1. The first-order chi connectivity index (χ1) is 18.4. The molecule has 0 aliphatic rings. The molecular weight excluding hydrogens is 517 g/mol. The fourth-order valence-electron chi connectivity index (χ4n) is 4.80. The normalized spacial score (nSPS) is 13.8. The van der Waals surface area contributed by atoms with Crippen molar-refractivity contribution in [3.63, 3.8) is 0 Å². The van der Waals surface area contributed by atoms with Gasteiger partial charge in [-0.3, -0.25) is 4.57 Å². The Kier molecular flexibility index (Phi) is 9.58. The SMILES string of the molecule is CCOP(=O)(CCC(c1ncn(C(c2ccccc2)(c2ccccc2)c2ccccc2)n1)[S+](C)[O-])OCC. The smallest absolute Gasteiger partial charge is 0.330 e. The van der Waals surface area contributed by atoms with Gasteiger partial charge < -0.3 is 13.6 Å². The van der Waals surface area contributed by atoms with E-state index in [-0.39, 0.29) is 19.4 Å². The number of hydrogen-bond donors (Lipinski definition) is 0. The standard InChI is InChI=1S/C29H34N3O4PS/c1-4-35-37(33,36-5-2)22-21-27(38(3)34)28-30-23-32(31-28)29(24-15-9-6-10-16-24,25-17-11-7-12-18-25)26-19-13-8-14-20-26/h6-20,23,27H,4-5,21-22H2,1-3H3. The Balaban J connectivity index is 1.83. The first kappa shape index (κ1) is 28.3. The number of rotatable bonds is 13. The van der Waals surface area contributed by atoms with Gasteiger partial charge in [-0.25, -0.2) is 9.67 Å². The average molecular weight is 552 g/mol. The van der Waals surface area contributed by atoms with Gasteiger partial charge in [0.15, 0.2) is 5.25 Å². The van der Waals surface area contributed by atoms with Crippen LogP contribution in [0.15, 0.2) is 97.3 Å². The molecule has 200 valence electrons. The van der Waals surface area contributed by atoms with Crippen LogP contribution in [0, 0.1) is 0 Å². The highest BCUT2D eigenvalue weighted by Gasteiger charge is 2.41. The molecule has 0 spiro atoms. The predicted octanol–water partition coefficient (Wildman–Crippen LogP) is 6.19. The molecule has 0 N–H and O–H groups in total. The molecule has 0 saturated heterocycles. The third-order valence-corrected chi connectivity index (χ3v) is 9.79. The summed E-state index contributed by atoms with van der Waals surface area (Å²) in [6, 6.07) is 30.5. The summed E-state index contributed by atoms with van der Waals surface area (Å²) in [7, 11) is -3.30. The van der Waals surface area contributed by atoms with Crippen molar-refractivity contribution in [3.8, 4) is 0 Å². The quantitative estimate of drug-likeness (QED) is 0.112. The van der Waals surface area contributed by atoms with E-state index in [9.17, 15) is 9.12 Å². The van der Waals surface area contributed by atoms with E-state index in [1.54, 1.807) is 26.4 Å². The van der Waals surface area contributed by atoms with Gasteiger partial charge in [0.1, 0.15) is 11.9 Å². The summed E-state index contributed by atoms with van der Waals surface area (Å²) < 4.78 is 38.8. The Bertz CT molecular complexity index is 1210. The molecule has 4 rings (SSSR count). The molecule has 1 aromatic heterocycles. The van der Waals surface area contributed by atoms with Crippen LogP contribution in [0.1, 0.15) is 48.0 Å². The lowest BCUT2D eigenvalue weighted by atomic mass is 9.77. The molecule has 4 aromatic rings. The van der Waals surface area contributed by atoms with E-state index in [2.05, 4.69) is 41.4 Å². The van der Waals surface area contributed by atoms with E-state index in [0.717, 1.165) is 16.7 Å². The zero-order chi connectivity index (χ0) is 27.0. The van der Waals surface area contributed by atoms with E-state index >= 15 is 0 Å². The van der Waals surface area contributed by atoms with Crippen molar-refractivity contribution in [2.75, 3.05) is 25.6 Å². The maximum atomic E-state index is 13.1. The number of benzene rings is 3. The van der Waals surface area contributed by atoms with Crippen LogP contribution in [0.25, 0.3) is 0 Å². The lowest BCUT2D eigenvalue weighted by Gasteiger charge is -2.36. The van der Waals surface area contributed by atoms with Gasteiger partial charge in [0, 0.05) is 6.42 Å². The van der Waals surface area contributed by atoms with Gasteiger partial charge in [0.05, 0.1) is 25.6 Å². The van der Waals surface area contributed by atoms with Crippen LogP contribution >= 0.6 is 7.60 Å². The molecule has 1 heterocycles. The van der Waals surface area contributed by atoms with Crippen molar-refractivity contribution in [1.29, 1.82) is 0 Å². The van der Waals surface area contributed by atoms with Crippen molar-refractivity contribution >= 4 is 18.8 Å². The minimum absolute atomic E-state index is 0.134. The molecule has 7 nitrogen and oxygen atoms in total. The van der Waals surface area contributed by atoms with Gasteiger partial charge >= 0.3 is 7.60 Å². The molecule has 3 aromatic carbocycles. The van der Waals surface area contributed by atoms with E-state index in [4.69, 9.17) is 14.1 Å². The molecule has 0 amide bonds. The molecule has 0 bridgehead atoms. The molecule has 9 heteroatoms. The number of nitrogens with zero attached hydrogens (tertiary/aromatic N) is 3. The molecular formula is C29H34N3O4PS. The van der Waals surface area contributed by atoms with Gasteiger partial charge in [-0.2, -0.15) is 0 Å². The molecule has 0 radical (unpaired) electrons. The highest BCUT2D eigenvalue weighted by molar-refractivity contribution is 7.90. The third-order valence-electron chi connectivity index (χ3n) is 6.43. The monoisotopic (exact) mass is 551 g/mol. The predicted molar refractivity (Wildman–Crippen MR) is 152 cm³/mol. The van der Waals surface area contributed by atoms with Crippen molar-refractivity contribution in [2.24, 2.45) is 0 Å². The van der Waals surface area contributed by atoms with Gasteiger partial charge in [-0.1, -0.05) is 91.0 Å². The molecule has 2 unspecified atom stereocenters. The van der Waals surface area contributed by atoms with Crippen molar-refractivity contribution in [1.82, 2.24) is 14.8 Å². The Labute approximate surface area is 227 Å². The highest BCUT2D eigenvalue weighted by Crippen LogP contribution is 2.50. The van der Waals surface area contributed by atoms with Crippen LogP contribution in [0.2, 0.25) is 0 Å². The second-order valence-corrected chi connectivity index (χ2v) is 12.6. The van der Waals surface area contributed by atoms with Crippen LogP contribution in [0.3, 0.4) is 0 Å². The summed E-state index contributed by atoms with van der Waals surface area (Å²) in [6.45, 7) is 4.11. The minimum atomic E-state index is -3.30. The minimum Gasteiger partial charge on any atom is -0.616 e. The topological polar surface area (TPSA) is 89.3 Å². The summed E-state index contributed by atoms with van der Waals surface area (Å²) in [5.41, 5.74) is 2.22. The van der Waals surface area contributed by atoms with Crippen molar-refractivity contribution in [2.45, 2.75) is 31.1 Å². The van der Waals surface area contributed by atoms with Crippen LogP contribution in [-0.4, -0.2) is 44.9 Å². The van der Waals surface area contributed by atoms with Crippen molar-refractivity contribution in [3.05, 3.63) is 120 Å². The summed E-state index contributed by atoms with van der Waals surface area (Å²) in [5.74, 6) is 0.428. The van der Waals surface area contributed by atoms with Crippen LogP contribution in [0.4, 0.5) is 0 Å². The average Bonchev–Trinajstić information content (AvgIpc) is 3.41. The zero-order valence-corrected chi connectivity index (χ0v) is 23.7. The zero-order valence-electron chi connectivity index (χ0n) is 22.0. The molecule has 0 fully saturated rings. The van der Waals surface area contributed by atoms with Crippen molar-refractivity contribution < 1.29 is 18.2 Å². The summed E-state index contributed by atoms with van der Waals surface area (Å²) in [5, 5.41) is 4.43. The van der Waals surface area contributed by atoms with Gasteiger partial charge in [0.25, 0.3) is 0 Å². The van der Waals surface area contributed by atoms with Crippen LogP contribution < -0.4 is 0 Å². The summed E-state index contributed by atoms with van der Waals surface area (Å²) in [6.07, 6.45) is 3.76. The Hall–Kier alpha value is -2.74.